The highest BCUT2D eigenvalue weighted by Gasteiger charge is 2.32. The molecule has 1 aromatic rings. The lowest BCUT2D eigenvalue weighted by molar-refractivity contribution is -0.139. The van der Waals surface area contributed by atoms with Crippen molar-refractivity contribution in [2.45, 2.75) is 51.4 Å². The van der Waals surface area contributed by atoms with Gasteiger partial charge >= 0.3 is 0 Å². The van der Waals surface area contributed by atoms with Gasteiger partial charge in [-0.25, -0.2) is 0 Å². The highest BCUT2D eigenvalue weighted by Crippen LogP contribution is 2.30. The van der Waals surface area contributed by atoms with E-state index in [-0.39, 0.29) is 17.7 Å². The third kappa shape index (κ3) is 5.07. The Bertz CT molecular complexity index is 559. The zero-order valence-electron chi connectivity index (χ0n) is 15.1. The Morgan fingerprint density at radius 2 is 1.56 bits per heavy atom. The van der Waals surface area contributed by atoms with Gasteiger partial charge < -0.3 is 10.2 Å². The van der Waals surface area contributed by atoms with Gasteiger partial charge in [0.2, 0.25) is 11.8 Å². The summed E-state index contributed by atoms with van der Waals surface area (Å²) in [6, 6.07) is 10.2. The summed E-state index contributed by atoms with van der Waals surface area (Å²) in [7, 11) is 0. The predicted molar refractivity (Wildman–Crippen MR) is 99.0 cm³/mol. The second kappa shape index (κ2) is 9.02. The summed E-state index contributed by atoms with van der Waals surface area (Å²) in [6.45, 7) is 2.55. The second-order valence-corrected chi connectivity index (χ2v) is 7.46. The molecule has 0 radical (unpaired) electrons. The van der Waals surface area contributed by atoms with E-state index >= 15 is 0 Å². The van der Waals surface area contributed by atoms with Crippen LogP contribution in [0.1, 0.15) is 50.5 Å². The summed E-state index contributed by atoms with van der Waals surface area (Å²) >= 11 is 0. The summed E-state index contributed by atoms with van der Waals surface area (Å²) in [4.78, 5) is 27.0. The van der Waals surface area contributed by atoms with Crippen LogP contribution in [0, 0.1) is 11.8 Å². The minimum absolute atomic E-state index is 0.0844. The molecule has 1 N–H and O–H groups in total. The average Bonchev–Trinajstić information content (AvgIpc) is 2.69. The first-order valence-electron chi connectivity index (χ1n) is 9.84. The molecule has 1 saturated heterocycles. The molecular weight excluding hydrogens is 312 g/mol. The van der Waals surface area contributed by atoms with Crippen molar-refractivity contribution in [1.29, 1.82) is 0 Å². The molecule has 3 rings (SSSR count). The van der Waals surface area contributed by atoms with Gasteiger partial charge in [0.15, 0.2) is 0 Å². The first-order valence-corrected chi connectivity index (χ1v) is 9.84. The predicted octanol–water partition coefficient (Wildman–Crippen LogP) is 3.16. The minimum Gasteiger partial charge on any atom is -0.356 e. The van der Waals surface area contributed by atoms with Crippen molar-refractivity contribution in [3.63, 3.8) is 0 Å². The number of nitrogens with one attached hydrogen (secondary N) is 1. The maximum absolute atomic E-state index is 12.6. The van der Waals surface area contributed by atoms with Gasteiger partial charge in [-0.3, -0.25) is 9.59 Å². The molecule has 0 aromatic heterocycles. The summed E-state index contributed by atoms with van der Waals surface area (Å²) in [5, 5.41) is 3.07. The Hall–Kier alpha value is -1.84. The smallest absolute Gasteiger partial charge is 0.225 e. The van der Waals surface area contributed by atoms with E-state index in [9.17, 15) is 9.59 Å². The normalized spacial score (nSPS) is 23.9. The molecule has 0 unspecified atom stereocenters. The van der Waals surface area contributed by atoms with E-state index in [1.807, 2.05) is 18.2 Å². The molecule has 2 fully saturated rings. The molecule has 25 heavy (non-hydrogen) atoms. The highest BCUT2D eigenvalue weighted by molar-refractivity contribution is 5.81. The molecule has 1 aromatic carbocycles. The zero-order valence-corrected chi connectivity index (χ0v) is 15.1. The van der Waals surface area contributed by atoms with E-state index in [1.165, 1.54) is 12.0 Å². The number of nitrogens with zero attached hydrogens (tertiary/aromatic N) is 1. The number of carbonyl (C=O) groups is 2. The molecule has 2 amide bonds. The molecule has 1 aliphatic heterocycles. The molecule has 4 heteroatoms. The SMILES string of the molecule is O=C(NCCc1ccccc1)C1CCC(C(=O)N2CCCCC2)CC1. The third-order valence-electron chi connectivity index (χ3n) is 5.67. The van der Waals surface area contributed by atoms with Crippen LogP contribution in [-0.4, -0.2) is 36.3 Å². The molecule has 2 aliphatic rings. The second-order valence-electron chi connectivity index (χ2n) is 7.46. The topological polar surface area (TPSA) is 49.4 Å². The Balaban J connectivity index is 1.37. The van der Waals surface area contributed by atoms with Crippen LogP contribution in [0.2, 0.25) is 0 Å². The lowest BCUT2D eigenvalue weighted by Crippen LogP contribution is -2.42. The van der Waals surface area contributed by atoms with Gasteiger partial charge in [-0.05, 0) is 56.9 Å². The number of likely N-dealkylation sites (tertiary alicyclic amines) is 1. The lowest BCUT2D eigenvalue weighted by atomic mass is 9.80. The van der Waals surface area contributed by atoms with Crippen molar-refractivity contribution in [2.75, 3.05) is 19.6 Å². The number of carbonyl (C=O) groups excluding carboxylic acids is 2. The minimum atomic E-state index is 0.0844. The fraction of sp³-hybridized carbons (Fsp3) is 0.619. The molecule has 0 spiro atoms. The number of amides is 2. The largest absolute Gasteiger partial charge is 0.356 e. The summed E-state index contributed by atoms with van der Waals surface area (Å²) in [5.74, 6) is 0.732. The average molecular weight is 342 g/mol. The van der Waals surface area contributed by atoms with E-state index in [4.69, 9.17) is 0 Å². The quantitative estimate of drug-likeness (QED) is 0.893. The maximum atomic E-state index is 12.6. The van der Waals surface area contributed by atoms with Crippen LogP contribution in [0.4, 0.5) is 0 Å². The van der Waals surface area contributed by atoms with Crippen LogP contribution in [-0.2, 0) is 16.0 Å². The van der Waals surface area contributed by atoms with Crippen LogP contribution in [0.3, 0.4) is 0 Å². The van der Waals surface area contributed by atoms with Gasteiger partial charge in [-0.1, -0.05) is 30.3 Å². The van der Waals surface area contributed by atoms with Crippen LogP contribution >= 0.6 is 0 Å². The van der Waals surface area contributed by atoms with Crippen molar-refractivity contribution in [1.82, 2.24) is 10.2 Å². The van der Waals surface area contributed by atoms with Crippen LogP contribution in [0.15, 0.2) is 30.3 Å². The van der Waals surface area contributed by atoms with Gasteiger partial charge in [0.1, 0.15) is 0 Å². The molecule has 1 heterocycles. The monoisotopic (exact) mass is 342 g/mol. The van der Waals surface area contributed by atoms with Crippen LogP contribution in [0.5, 0.6) is 0 Å². The Labute approximate surface area is 151 Å². The van der Waals surface area contributed by atoms with E-state index in [1.54, 1.807) is 0 Å². The molecular formula is C21H30N2O2. The van der Waals surface area contributed by atoms with Gasteiger partial charge in [0.05, 0.1) is 0 Å². The van der Waals surface area contributed by atoms with Gasteiger partial charge in [0, 0.05) is 31.5 Å². The van der Waals surface area contributed by atoms with Crippen molar-refractivity contribution in [2.24, 2.45) is 11.8 Å². The molecule has 1 saturated carbocycles. The van der Waals surface area contributed by atoms with Crippen molar-refractivity contribution in [3.05, 3.63) is 35.9 Å². The maximum Gasteiger partial charge on any atom is 0.225 e. The third-order valence-corrected chi connectivity index (χ3v) is 5.67. The van der Waals surface area contributed by atoms with E-state index in [0.717, 1.165) is 58.0 Å². The van der Waals surface area contributed by atoms with Gasteiger partial charge in [-0.15, -0.1) is 0 Å². The Morgan fingerprint density at radius 1 is 0.920 bits per heavy atom. The fourth-order valence-corrected chi connectivity index (χ4v) is 4.09. The molecule has 0 atom stereocenters. The van der Waals surface area contributed by atoms with Crippen molar-refractivity contribution < 1.29 is 9.59 Å². The molecule has 136 valence electrons. The number of hydrogen-bond donors (Lipinski definition) is 1. The van der Waals surface area contributed by atoms with E-state index in [2.05, 4.69) is 22.3 Å². The molecule has 4 nitrogen and oxygen atoms in total. The first kappa shape index (κ1) is 18.0. The zero-order chi connectivity index (χ0) is 17.5. The molecule has 0 bridgehead atoms. The van der Waals surface area contributed by atoms with Crippen LogP contribution in [0.25, 0.3) is 0 Å². The summed E-state index contributed by atoms with van der Waals surface area (Å²) in [5.41, 5.74) is 1.25. The van der Waals surface area contributed by atoms with Crippen molar-refractivity contribution >= 4 is 11.8 Å². The lowest BCUT2D eigenvalue weighted by Gasteiger charge is -2.33. The van der Waals surface area contributed by atoms with Gasteiger partial charge in [0.25, 0.3) is 0 Å². The Morgan fingerprint density at radius 3 is 2.24 bits per heavy atom. The standard InChI is InChI=1S/C21H30N2O2/c24-20(22-14-13-17-7-3-1-4-8-17)18-9-11-19(12-10-18)21(25)23-15-5-2-6-16-23/h1,3-4,7-8,18-19H,2,5-6,9-16H2,(H,22,24). The highest BCUT2D eigenvalue weighted by atomic mass is 16.2. The van der Waals surface area contributed by atoms with Gasteiger partial charge in [-0.2, -0.15) is 0 Å². The van der Waals surface area contributed by atoms with E-state index in [0.29, 0.717) is 12.5 Å². The number of hydrogen-bond acceptors (Lipinski definition) is 2. The first-order chi connectivity index (χ1) is 12.2. The number of piperidine rings is 1. The van der Waals surface area contributed by atoms with E-state index < -0.39 is 0 Å². The molecule has 1 aliphatic carbocycles. The number of benzene rings is 1. The summed E-state index contributed by atoms with van der Waals surface area (Å²) < 4.78 is 0. The number of rotatable bonds is 5. The van der Waals surface area contributed by atoms with Crippen LogP contribution < -0.4 is 5.32 Å². The summed E-state index contributed by atoms with van der Waals surface area (Å²) in [6.07, 6.45) is 7.84. The Kier molecular flexibility index (Phi) is 6.48. The van der Waals surface area contributed by atoms with Crippen molar-refractivity contribution in [3.8, 4) is 0 Å². The fourth-order valence-electron chi connectivity index (χ4n) is 4.09.